The smallest absolute Gasteiger partial charge is 0.246 e. The topological polar surface area (TPSA) is 61.4 Å². The van der Waals surface area contributed by atoms with Crippen LogP contribution in [0.1, 0.15) is 13.3 Å². The molecular weight excluding hydrogens is 417 g/mol. The molecule has 24 heavy (non-hydrogen) atoms. The summed E-state index contributed by atoms with van der Waals surface area (Å²) in [7, 11) is 0. The predicted molar refractivity (Wildman–Crippen MR) is 104 cm³/mol. The summed E-state index contributed by atoms with van der Waals surface area (Å²) in [5.41, 5.74) is 2.31. The van der Waals surface area contributed by atoms with E-state index >= 15 is 0 Å². The van der Waals surface area contributed by atoms with Gasteiger partial charge in [0.2, 0.25) is 11.8 Å². The fraction of sp³-hybridized carbons (Fsp3) is 0.222. The van der Waals surface area contributed by atoms with E-state index in [0.29, 0.717) is 5.69 Å². The number of amides is 2. The summed E-state index contributed by atoms with van der Waals surface area (Å²) in [5, 5.41) is 6.02. The van der Waals surface area contributed by atoms with Crippen molar-refractivity contribution in [3.63, 3.8) is 0 Å². The minimum Gasteiger partial charge on any atom is -0.376 e. The minimum absolute atomic E-state index is 0.0648. The molecule has 2 aromatic rings. The molecule has 0 saturated heterocycles. The third kappa shape index (κ3) is 3.69. The highest BCUT2D eigenvalue weighted by molar-refractivity contribution is 14.1. The number of hydrogen-bond donors (Lipinski definition) is 2. The van der Waals surface area contributed by atoms with Gasteiger partial charge < -0.3 is 15.5 Å². The highest BCUT2D eigenvalue weighted by Gasteiger charge is 2.29. The molecule has 2 aromatic carbocycles. The van der Waals surface area contributed by atoms with E-state index in [1.165, 1.54) is 0 Å². The number of nitrogens with one attached hydrogen (secondary N) is 2. The van der Waals surface area contributed by atoms with Crippen molar-refractivity contribution in [1.82, 2.24) is 0 Å². The summed E-state index contributed by atoms with van der Waals surface area (Å²) in [6.45, 7) is 2.07. The summed E-state index contributed by atoms with van der Waals surface area (Å²) in [4.78, 5) is 26.5. The van der Waals surface area contributed by atoms with E-state index < -0.39 is 0 Å². The molecule has 1 unspecified atom stereocenters. The number of para-hydroxylation sites is 2. The van der Waals surface area contributed by atoms with Gasteiger partial charge in [-0.05, 0) is 65.9 Å². The van der Waals surface area contributed by atoms with Crippen molar-refractivity contribution in [2.24, 2.45) is 0 Å². The Hall–Kier alpha value is -2.09. The molecule has 0 aromatic heterocycles. The molecule has 1 aliphatic heterocycles. The van der Waals surface area contributed by atoms with E-state index in [-0.39, 0.29) is 30.8 Å². The Kier molecular flexibility index (Phi) is 5.03. The zero-order chi connectivity index (χ0) is 17.1. The lowest BCUT2D eigenvalue weighted by Gasteiger charge is -2.28. The number of carbonyl (C=O) groups excluding carboxylic acids is 2. The third-order valence-electron chi connectivity index (χ3n) is 3.92. The van der Waals surface area contributed by atoms with Gasteiger partial charge in [0, 0.05) is 21.7 Å². The van der Waals surface area contributed by atoms with Crippen LogP contribution in [0.2, 0.25) is 0 Å². The molecule has 1 heterocycles. The van der Waals surface area contributed by atoms with Crippen molar-refractivity contribution >= 4 is 51.5 Å². The summed E-state index contributed by atoms with van der Waals surface area (Å²) < 4.78 is 1.14. The largest absolute Gasteiger partial charge is 0.376 e. The Labute approximate surface area is 154 Å². The van der Waals surface area contributed by atoms with E-state index in [2.05, 4.69) is 33.2 Å². The van der Waals surface area contributed by atoms with Crippen molar-refractivity contribution in [2.75, 3.05) is 22.1 Å². The fourth-order valence-electron chi connectivity index (χ4n) is 2.80. The Morgan fingerprint density at radius 1 is 1.25 bits per heavy atom. The summed E-state index contributed by atoms with van der Waals surface area (Å²) >= 11 is 2.24. The van der Waals surface area contributed by atoms with Crippen LogP contribution in [-0.4, -0.2) is 24.4 Å². The molecule has 1 aliphatic rings. The van der Waals surface area contributed by atoms with Crippen LogP contribution in [0.5, 0.6) is 0 Å². The first-order valence-corrected chi connectivity index (χ1v) is 8.83. The van der Waals surface area contributed by atoms with E-state index in [0.717, 1.165) is 14.9 Å². The van der Waals surface area contributed by atoms with E-state index in [1.54, 1.807) is 4.90 Å². The lowest BCUT2D eigenvalue weighted by Crippen LogP contribution is -2.42. The van der Waals surface area contributed by atoms with Crippen LogP contribution in [-0.2, 0) is 9.59 Å². The van der Waals surface area contributed by atoms with Gasteiger partial charge >= 0.3 is 0 Å². The van der Waals surface area contributed by atoms with Gasteiger partial charge in [0.1, 0.15) is 0 Å². The number of carbonyl (C=O) groups is 2. The number of halogens is 1. The molecule has 2 N–H and O–H groups in total. The second kappa shape index (κ2) is 7.21. The van der Waals surface area contributed by atoms with Crippen molar-refractivity contribution in [1.29, 1.82) is 0 Å². The maximum atomic E-state index is 12.8. The normalized spacial score (nSPS) is 16.8. The molecule has 1 atom stereocenters. The van der Waals surface area contributed by atoms with Gasteiger partial charge in [0.05, 0.1) is 17.9 Å². The third-order valence-corrected chi connectivity index (χ3v) is 4.64. The quantitative estimate of drug-likeness (QED) is 0.727. The molecular formula is C18H18IN3O2. The van der Waals surface area contributed by atoms with E-state index in [4.69, 9.17) is 0 Å². The molecule has 0 saturated carbocycles. The lowest BCUT2D eigenvalue weighted by atomic mass is 10.1. The van der Waals surface area contributed by atoms with Gasteiger partial charge in [-0.2, -0.15) is 0 Å². The monoisotopic (exact) mass is 435 g/mol. The number of fused-ring (bicyclic) bond motifs is 1. The molecule has 0 fully saturated rings. The average molecular weight is 435 g/mol. The highest BCUT2D eigenvalue weighted by atomic mass is 127. The molecule has 0 bridgehead atoms. The van der Waals surface area contributed by atoms with Crippen molar-refractivity contribution in [3.05, 3.63) is 52.1 Å². The van der Waals surface area contributed by atoms with Gasteiger partial charge in [-0.3, -0.25) is 9.59 Å². The van der Waals surface area contributed by atoms with Crippen LogP contribution in [0.25, 0.3) is 0 Å². The Morgan fingerprint density at radius 3 is 2.71 bits per heavy atom. The fourth-order valence-corrected chi connectivity index (χ4v) is 3.16. The number of anilines is 3. The molecule has 0 aliphatic carbocycles. The van der Waals surface area contributed by atoms with Crippen LogP contribution in [0.4, 0.5) is 17.1 Å². The molecule has 2 amide bonds. The molecule has 124 valence electrons. The summed E-state index contributed by atoms with van der Waals surface area (Å²) in [5.74, 6) is -0.138. The first kappa shape index (κ1) is 16.8. The molecule has 3 rings (SSSR count). The molecule has 5 nitrogen and oxygen atoms in total. The first-order valence-electron chi connectivity index (χ1n) is 7.75. The number of rotatable bonds is 3. The molecule has 0 radical (unpaired) electrons. The minimum atomic E-state index is -0.195. The lowest BCUT2D eigenvalue weighted by molar-refractivity contribution is -0.118. The van der Waals surface area contributed by atoms with Crippen molar-refractivity contribution in [2.45, 2.75) is 19.4 Å². The number of nitrogens with zero attached hydrogens (tertiary/aromatic N) is 1. The van der Waals surface area contributed by atoms with Crippen LogP contribution in [0.3, 0.4) is 0 Å². The predicted octanol–water partition coefficient (Wildman–Crippen LogP) is 3.47. The SMILES string of the molecule is CC1CC(=O)Nc2ccccc2N1C(=O)CNc1ccc(I)cc1. The van der Waals surface area contributed by atoms with Crippen LogP contribution < -0.4 is 15.5 Å². The van der Waals surface area contributed by atoms with Crippen molar-refractivity contribution < 1.29 is 9.59 Å². The van der Waals surface area contributed by atoms with Gasteiger partial charge in [-0.1, -0.05) is 12.1 Å². The maximum absolute atomic E-state index is 12.8. The summed E-state index contributed by atoms with van der Waals surface area (Å²) in [6, 6.07) is 15.1. The second-order valence-electron chi connectivity index (χ2n) is 5.74. The van der Waals surface area contributed by atoms with Crippen LogP contribution in [0.15, 0.2) is 48.5 Å². The first-order chi connectivity index (χ1) is 11.5. The standard InChI is InChI=1S/C18H18IN3O2/c1-12-10-17(23)21-15-4-2-3-5-16(15)22(12)18(24)11-20-14-8-6-13(19)7-9-14/h2-9,12,20H,10-11H2,1H3,(H,21,23). The number of benzene rings is 2. The molecule has 0 spiro atoms. The van der Waals surface area contributed by atoms with Crippen molar-refractivity contribution in [3.8, 4) is 0 Å². The van der Waals surface area contributed by atoms with Crippen LogP contribution >= 0.6 is 22.6 Å². The van der Waals surface area contributed by atoms with Gasteiger partial charge in [0.15, 0.2) is 0 Å². The van der Waals surface area contributed by atoms with Gasteiger partial charge in [-0.15, -0.1) is 0 Å². The zero-order valence-electron chi connectivity index (χ0n) is 13.3. The van der Waals surface area contributed by atoms with E-state index in [9.17, 15) is 9.59 Å². The summed E-state index contributed by atoms with van der Waals surface area (Å²) in [6.07, 6.45) is 0.282. The average Bonchev–Trinajstić information content (AvgIpc) is 2.68. The van der Waals surface area contributed by atoms with E-state index in [1.807, 2.05) is 55.5 Å². The Balaban J connectivity index is 1.79. The number of hydrogen-bond acceptors (Lipinski definition) is 3. The highest BCUT2D eigenvalue weighted by Crippen LogP contribution is 2.31. The molecule has 6 heteroatoms. The zero-order valence-corrected chi connectivity index (χ0v) is 15.4. The van der Waals surface area contributed by atoms with Gasteiger partial charge in [0.25, 0.3) is 0 Å². The Morgan fingerprint density at radius 2 is 1.96 bits per heavy atom. The van der Waals surface area contributed by atoms with Crippen LogP contribution in [0, 0.1) is 3.57 Å². The van der Waals surface area contributed by atoms with Gasteiger partial charge in [-0.25, -0.2) is 0 Å². The maximum Gasteiger partial charge on any atom is 0.246 e. The Bertz CT molecular complexity index is 761. The second-order valence-corrected chi connectivity index (χ2v) is 6.99.